The number of nitrogens with one attached hydrogen (secondary N) is 1. The molecule has 2 aromatic rings. The molecule has 0 saturated heterocycles. The molecule has 1 N–H and O–H groups in total. The standard InChI is InChI=1S/C21H20FN3O3S/c1-3-28-21(27)25-9-8-16-17(11-23)20(29-18(16)12-25)24-19(26)7-5-14-4-6-15(22)10-13(14)2/h4-7,10H,3,8-9,12H2,1-2H3,(H,24,26)/b7-5+. The lowest BCUT2D eigenvalue weighted by atomic mass is 10.0. The Labute approximate surface area is 172 Å². The van der Waals surface area contributed by atoms with Gasteiger partial charge in [-0.05, 0) is 55.2 Å². The second-order valence-corrected chi connectivity index (χ2v) is 7.62. The summed E-state index contributed by atoms with van der Waals surface area (Å²) in [7, 11) is 0. The van der Waals surface area contributed by atoms with Crippen LogP contribution >= 0.6 is 11.3 Å². The van der Waals surface area contributed by atoms with E-state index >= 15 is 0 Å². The zero-order valence-corrected chi connectivity index (χ0v) is 16.9. The molecule has 6 nitrogen and oxygen atoms in total. The number of rotatable bonds is 4. The molecule has 29 heavy (non-hydrogen) atoms. The molecule has 1 aromatic carbocycles. The minimum atomic E-state index is -0.383. The minimum Gasteiger partial charge on any atom is -0.450 e. The van der Waals surface area contributed by atoms with E-state index in [0.717, 1.165) is 21.6 Å². The molecule has 1 aliphatic rings. The van der Waals surface area contributed by atoms with E-state index in [-0.39, 0.29) is 17.8 Å². The van der Waals surface area contributed by atoms with Crippen LogP contribution in [0, 0.1) is 24.1 Å². The molecule has 0 saturated carbocycles. The summed E-state index contributed by atoms with van der Waals surface area (Å²) in [5, 5.41) is 12.8. The van der Waals surface area contributed by atoms with Crippen LogP contribution in [0.25, 0.3) is 6.08 Å². The maximum Gasteiger partial charge on any atom is 0.410 e. The summed E-state index contributed by atoms with van der Waals surface area (Å²) in [4.78, 5) is 26.8. The Morgan fingerprint density at radius 1 is 1.45 bits per heavy atom. The molecule has 0 bridgehead atoms. The zero-order valence-electron chi connectivity index (χ0n) is 16.1. The van der Waals surface area contributed by atoms with Gasteiger partial charge in [-0.3, -0.25) is 4.79 Å². The van der Waals surface area contributed by atoms with Gasteiger partial charge in [-0.1, -0.05) is 6.07 Å². The van der Waals surface area contributed by atoms with Crippen molar-refractivity contribution in [1.82, 2.24) is 4.90 Å². The lowest BCUT2D eigenvalue weighted by Gasteiger charge is -2.25. The molecule has 0 unspecified atom stereocenters. The monoisotopic (exact) mass is 413 g/mol. The predicted octanol–water partition coefficient (Wildman–Crippen LogP) is 4.23. The summed E-state index contributed by atoms with van der Waals surface area (Å²) in [6.07, 6.45) is 3.11. The first kappa shape index (κ1) is 20.6. The van der Waals surface area contributed by atoms with Crippen LogP contribution in [0.5, 0.6) is 0 Å². The van der Waals surface area contributed by atoms with Crippen LogP contribution in [-0.4, -0.2) is 30.1 Å². The second-order valence-electron chi connectivity index (χ2n) is 6.51. The Bertz CT molecular complexity index is 1020. The average Bonchev–Trinajstić information content (AvgIpc) is 3.03. The maximum absolute atomic E-state index is 13.2. The maximum atomic E-state index is 13.2. The van der Waals surface area contributed by atoms with Crippen molar-refractivity contribution in [3.63, 3.8) is 0 Å². The highest BCUT2D eigenvalue weighted by molar-refractivity contribution is 7.16. The van der Waals surface area contributed by atoms with Crippen molar-refractivity contribution in [2.75, 3.05) is 18.5 Å². The van der Waals surface area contributed by atoms with E-state index in [1.165, 1.54) is 29.5 Å². The fourth-order valence-corrected chi connectivity index (χ4v) is 4.34. The number of carbonyl (C=O) groups excluding carboxylic acids is 2. The van der Waals surface area contributed by atoms with E-state index in [2.05, 4.69) is 11.4 Å². The molecular weight excluding hydrogens is 393 g/mol. The van der Waals surface area contributed by atoms with Gasteiger partial charge in [-0.25, -0.2) is 9.18 Å². The van der Waals surface area contributed by atoms with Crippen molar-refractivity contribution in [3.05, 3.63) is 57.2 Å². The molecule has 0 spiro atoms. The molecule has 0 radical (unpaired) electrons. The van der Waals surface area contributed by atoms with Crippen molar-refractivity contribution in [2.45, 2.75) is 26.8 Å². The van der Waals surface area contributed by atoms with Crippen LogP contribution in [0.2, 0.25) is 0 Å². The Morgan fingerprint density at radius 2 is 2.24 bits per heavy atom. The van der Waals surface area contributed by atoms with Gasteiger partial charge < -0.3 is 15.0 Å². The summed E-state index contributed by atoms with van der Waals surface area (Å²) < 4.78 is 18.2. The number of hydrogen-bond donors (Lipinski definition) is 1. The van der Waals surface area contributed by atoms with Crippen LogP contribution in [0.3, 0.4) is 0 Å². The summed E-state index contributed by atoms with van der Waals surface area (Å²) in [6, 6.07) is 6.49. The third-order valence-electron chi connectivity index (χ3n) is 4.58. The van der Waals surface area contributed by atoms with Crippen LogP contribution < -0.4 is 5.32 Å². The summed E-state index contributed by atoms with van der Waals surface area (Å²) in [6.45, 7) is 4.64. The number of nitriles is 1. The molecule has 8 heteroatoms. The zero-order chi connectivity index (χ0) is 21.0. The van der Waals surface area contributed by atoms with Crippen molar-refractivity contribution in [3.8, 4) is 6.07 Å². The second kappa shape index (κ2) is 8.88. The number of carbonyl (C=O) groups is 2. The molecule has 2 amide bonds. The van der Waals surface area contributed by atoms with Gasteiger partial charge >= 0.3 is 6.09 Å². The number of nitrogens with zero attached hydrogens (tertiary/aromatic N) is 2. The normalized spacial score (nSPS) is 13.1. The fraction of sp³-hybridized carbons (Fsp3) is 0.286. The number of aryl methyl sites for hydroxylation is 1. The number of halogens is 1. The number of fused-ring (bicyclic) bond motifs is 1. The third kappa shape index (κ3) is 4.63. The number of benzene rings is 1. The largest absolute Gasteiger partial charge is 0.450 e. The highest BCUT2D eigenvalue weighted by Crippen LogP contribution is 2.36. The van der Waals surface area contributed by atoms with Crippen LogP contribution in [0.1, 0.15) is 34.1 Å². The topological polar surface area (TPSA) is 82.4 Å². The van der Waals surface area contributed by atoms with Gasteiger partial charge in [-0.2, -0.15) is 5.26 Å². The Kier molecular flexibility index (Phi) is 6.29. The van der Waals surface area contributed by atoms with Gasteiger partial charge in [0.1, 0.15) is 16.9 Å². The van der Waals surface area contributed by atoms with E-state index in [0.29, 0.717) is 36.7 Å². The van der Waals surface area contributed by atoms with E-state index in [1.54, 1.807) is 30.9 Å². The van der Waals surface area contributed by atoms with Gasteiger partial charge in [0.05, 0.1) is 18.7 Å². The summed E-state index contributed by atoms with van der Waals surface area (Å²) in [5.41, 5.74) is 2.76. The van der Waals surface area contributed by atoms with Gasteiger partial charge in [0.2, 0.25) is 5.91 Å². The van der Waals surface area contributed by atoms with Gasteiger partial charge in [0.25, 0.3) is 0 Å². The quantitative estimate of drug-likeness (QED) is 0.761. The molecule has 1 aromatic heterocycles. The smallest absolute Gasteiger partial charge is 0.410 e. The third-order valence-corrected chi connectivity index (χ3v) is 5.71. The number of ether oxygens (including phenoxy) is 1. The molecule has 0 aliphatic carbocycles. The van der Waals surface area contributed by atoms with E-state index in [9.17, 15) is 19.2 Å². The first-order valence-electron chi connectivity index (χ1n) is 9.14. The van der Waals surface area contributed by atoms with Crippen LogP contribution in [0.4, 0.5) is 14.2 Å². The first-order chi connectivity index (χ1) is 13.9. The summed E-state index contributed by atoms with van der Waals surface area (Å²) in [5.74, 6) is -0.713. The predicted molar refractivity (Wildman–Crippen MR) is 109 cm³/mol. The Balaban J connectivity index is 1.75. The van der Waals surface area contributed by atoms with Crippen LogP contribution in [-0.2, 0) is 22.5 Å². The molecule has 2 heterocycles. The van der Waals surface area contributed by atoms with Gasteiger partial charge in [-0.15, -0.1) is 11.3 Å². The van der Waals surface area contributed by atoms with Gasteiger partial charge in [0, 0.05) is 17.5 Å². The Morgan fingerprint density at radius 3 is 2.93 bits per heavy atom. The number of hydrogen-bond acceptors (Lipinski definition) is 5. The van der Waals surface area contributed by atoms with E-state index in [1.807, 2.05) is 0 Å². The SMILES string of the molecule is CCOC(=O)N1CCc2c(sc(NC(=O)/C=C/c3ccc(F)cc3C)c2C#N)C1. The fourth-order valence-electron chi connectivity index (χ4n) is 3.13. The van der Waals surface area contributed by atoms with Crippen molar-refractivity contribution < 1.29 is 18.7 Å². The highest BCUT2D eigenvalue weighted by atomic mass is 32.1. The molecule has 150 valence electrons. The van der Waals surface area contributed by atoms with E-state index < -0.39 is 0 Å². The minimum absolute atomic E-state index is 0.303. The molecule has 0 atom stereocenters. The number of anilines is 1. The van der Waals surface area contributed by atoms with Gasteiger partial charge in [0.15, 0.2) is 0 Å². The molecule has 1 aliphatic heterocycles. The average molecular weight is 413 g/mol. The van der Waals surface area contributed by atoms with E-state index in [4.69, 9.17) is 4.74 Å². The van der Waals surface area contributed by atoms with Crippen molar-refractivity contribution >= 4 is 34.4 Å². The van der Waals surface area contributed by atoms with Crippen molar-refractivity contribution in [1.29, 1.82) is 5.26 Å². The number of thiophene rings is 1. The molecule has 0 fully saturated rings. The van der Waals surface area contributed by atoms with Crippen molar-refractivity contribution in [2.24, 2.45) is 0 Å². The lowest BCUT2D eigenvalue weighted by molar-refractivity contribution is -0.111. The summed E-state index contributed by atoms with van der Waals surface area (Å²) >= 11 is 1.29. The first-order valence-corrected chi connectivity index (χ1v) is 9.96. The lowest BCUT2D eigenvalue weighted by Crippen LogP contribution is -2.35. The Hall–Kier alpha value is -3.18. The van der Waals surface area contributed by atoms with Crippen LogP contribution in [0.15, 0.2) is 24.3 Å². The number of amides is 2. The molecular formula is C21H20FN3O3S. The highest BCUT2D eigenvalue weighted by Gasteiger charge is 2.27. The molecule has 3 rings (SSSR count).